The van der Waals surface area contributed by atoms with Crippen molar-refractivity contribution in [2.75, 3.05) is 19.8 Å². The molecule has 0 bridgehead atoms. The number of fused-ring (bicyclic) bond motifs is 1. The number of benzene rings is 1. The molecule has 1 fully saturated rings. The standard InChI is InChI=1S/C23H23F2N3O3/c1-3-4-7-27-12-18(16-5-6-26-21(16)23(27)30)15-10-17(20(25)19(24)11-15)22(29)28-8-9-31-13-14(28)2/h3,5-6,10-12,14,26H,1,4,7-9,13H2,2H3. The lowest BCUT2D eigenvalue weighted by molar-refractivity contribution is 0.00330. The van der Waals surface area contributed by atoms with E-state index < -0.39 is 17.5 Å². The van der Waals surface area contributed by atoms with Crippen LogP contribution in [0.25, 0.3) is 22.0 Å². The first-order valence-electron chi connectivity index (χ1n) is 10.1. The molecule has 1 aliphatic heterocycles. The molecule has 1 amide bonds. The van der Waals surface area contributed by atoms with Gasteiger partial charge in [-0.05, 0) is 37.1 Å². The van der Waals surface area contributed by atoms with E-state index in [1.54, 1.807) is 31.5 Å². The number of allylic oxidation sites excluding steroid dienone is 1. The minimum absolute atomic E-state index is 0.216. The summed E-state index contributed by atoms with van der Waals surface area (Å²) in [5, 5.41) is 0.573. The Balaban J connectivity index is 1.86. The SMILES string of the molecule is C=CCCn1cc(-c2cc(F)c(F)c(C(=O)N3CCOCC3C)c2)c2cc[nH]c2c1=O. The predicted molar refractivity (Wildman–Crippen MR) is 114 cm³/mol. The number of aromatic nitrogens is 2. The van der Waals surface area contributed by atoms with E-state index in [-0.39, 0.29) is 17.2 Å². The maximum atomic E-state index is 14.7. The molecule has 0 aliphatic carbocycles. The van der Waals surface area contributed by atoms with Crippen molar-refractivity contribution in [2.24, 2.45) is 0 Å². The van der Waals surface area contributed by atoms with Gasteiger partial charge in [0.15, 0.2) is 11.6 Å². The van der Waals surface area contributed by atoms with E-state index in [2.05, 4.69) is 11.6 Å². The number of carbonyl (C=O) groups excluding carboxylic acids is 1. The van der Waals surface area contributed by atoms with Crippen molar-refractivity contribution in [2.45, 2.75) is 25.9 Å². The van der Waals surface area contributed by atoms with Crippen molar-refractivity contribution in [1.29, 1.82) is 0 Å². The maximum absolute atomic E-state index is 14.7. The highest BCUT2D eigenvalue weighted by molar-refractivity contribution is 5.99. The largest absolute Gasteiger partial charge is 0.377 e. The number of amides is 1. The van der Waals surface area contributed by atoms with Crippen LogP contribution in [0.5, 0.6) is 0 Å². The third-order valence-electron chi connectivity index (χ3n) is 5.57. The van der Waals surface area contributed by atoms with Gasteiger partial charge in [-0.3, -0.25) is 9.59 Å². The van der Waals surface area contributed by atoms with Gasteiger partial charge in [0.25, 0.3) is 11.5 Å². The Morgan fingerprint density at radius 3 is 2.94 bits per heavy atom. The number of rotatable bonds is 5. The number of pyridine rings is 1. The number of morpholine rings is 1. The number of carbonyl (C=O) groups is 1. The Hall–Kier alpha value is -3.26. The van der Waals surface area contributed by atoms with Crippen LogP contribution in [0.15, 0.2) is 48.0 Å². The molecular weight excluding hydrogens is 404 g/mol. The van der Waals surface area contributed by atoms with Gasteiger partial charge in [-0.1, -0.05) is 6.08 Å². The number of halogens is 2. The number of ether oxygens (including phenoxy) is 1. The van der Waals surface area contributed by atoms with Crippen LogP contribution in [-0.4, -0.2) is 46.2 Å². The van der Waals surface area contributed by atoms with Crippen LogP contribution in [0.4, 0.5) is 8.78 Å². The Kier molecular flexibility index (Phi) is 5.73. The Morgan fingerprint density at radius 2 is 2.19 bits per heavy atom. The molecule has 0 spiro atoms. The molecule has 8 heteroatoms. The molecule has 1 aromatic carbocycles. The highest BCUT2D eigenvalue weighted by Crippen LogP contribution is 2.30. The molecule has 1 N–H and O–H groups in total. The number of aryl methyl sites for hydroxylation is 1. The molecule has 162 valence electrons. The number of hydrogen-bond donors (Lipinski definition) is 1. The van der Waals surface area contributed by atoms with Crippen molar-refractivity contribution in [3.05, 3.63) is 70.8 Å². The zero-order valence-electron chi connectivity index (χ0n) is 17.2. The van der Waals surface area contributed by atoms with Gasteiger partial charge in [0.2, 0.25) is 0 Å². The van der Waals surface area contributed by atoms with Gasteiger partial charge >= 0.3 is 0 Å². The third kappa shape index (κ3) is 3.79. The van der Waals surface area contributed by atoms with Crippen molar-refractivity contribution < 1.29 is 18.3 Å². The van der Waals surface area contributed by atoms with Crippen LogP contribution in [0, 0.1) is 11.6 Å². The molecule has 6 nitrogen and oxygen atoms in total. The molecule has 2 aromatic heterocycles. The van der Waals surface area contributed by atoms with Crippen molar-refractivity contribution in [1.82, 2.24) is 14.5 Å². The van der Waals surface area contributed by atoms with E-state index in [0.29, 0.717) is 54.8 Å². The van der Waals surface area contributed by atoms with Gasteiger partial charge in [-0.25, -0.2) is 8.78 Å². The second-order valence-electron chi connectivity index (χ2n) is 7.63. The van der Waals surface area contributed by atoms with E-state index in [4.69, 9.17) is 4.74 Å². The van der Waals surface area contributed by atoms with Crippen LogP contribution in [0.1, 0.15) is 23.7 Å². The third-order valence-corrected chi connectivity index (χ3v) is 5.57. The molecule has 4 rings (SSSR count). The van der Waals surface area contributed by atoms with Gasteiger partial charge in [0.1, 0.15) is 5.52 Å². The first kappa shape index (κ1) is 21.0. The highest BCUT2D eigenvalue weighted by Gasteiger charge is 2.28. The quantitative estimate of drug-likeness (QED) is 0.632. The zero-order chi connectivity index (χ0) is 22.1. The second kappa shape index (κ2) is 8.47. The lowest BCUT2D eigenvalue weighted by atomic mass is 9.99. The molecular formula is C23H23F2N3O3. The lowest BCUT2D eigenvalue weighted by Crippen LogP contribution is -2.47. The first-order valence-corrected chi connectivity index (χ1v) is 10.1. The smallest absolute Gasteiger partial charge is 0.274 e. The van der Waals surface area contributed by atoms with Crippen LogP contribution >= 0.6 is 0 Å². The first-order chi connectivity index (χ1) is 14.9. The summed E-state index contributed by atoms with van der Waals surface area (Å²) >= 11 is 0. The summed E-state index contributed by atoms with van der Waals surface area (Å²) in [6.07, 6.45) is 5.50. The Morgan fingerprint density at radius 1 is 1.39 bits per heavy atom. The summed E-state index contributed by atoms with van der Waals surface area (Å²) in [6, 6.07) is 3.87. The van der Waals surface area contributed by atoms with E-state index in [9.17, 15) is 18.4 Å². The zero-order valence-corrected chi connectivity index (χ0v) is 17.2. The molecule has 31 heavy (non-hydrogen) atoms. The average molecular weight is 427 g/mol. The minimum atomic E-state index is -1.18. The highest BCUT2D eigenvalue weighted by atomic mass is 19.2. The summed E-state index contributed by atoms with van der Waals surface area (Å²) in [5.74, 6) is -2.88. The molecule has 1 unspecified atom stereocenters. The fraction of sp³-hybridized carbons (Fsp3) is 0.304. The Labute approximate surface area is 177 Å². The topological polar surface area (TPSA) is 67.3 Å². The molecule has 1 aliphatic rings. The summed E-state index contributed by atoms with van der Waals surface area (Å²) in [7, 11) is 0. The monoisotopic (exact) mass is 427 g/mol. The summed E-state index contributed by atoms with van der Waals surface area (Å²) in [6.45, 7) is 6.86. The number of aromatic amines is 1. The average Bonchev–Trinajstić information content (AvgIpc) is 3.25. The summed E-state index contributed by atoms with van der Waals surface area (Å²) < 4.78 is 36.1. The fourth-order valence-electron chi connectivity index (χ4n) is 3.91. The molecule has 1 atom stereocenters. The van der Waals surface area contributed by atoms with Gasteiger partial charge in [-0.15, -0.1) is 6.58 Å². The van der Waals surface area contributed by atoms with E-state index in [1.165, 1.54) is 15.5 Å². The van der Waals surface area contributed by atoms with Crippen LogP contribution in [0.2, 0.25) is 0 Å². The normalized spacial score (nSPS) is 16.6. The summed E-state index contributed by atoms with van der Waals surface area (Å²) in [5.41, 5.74) is 0.659. The van der Waals surface area contributed by atoms with Crippen LogP contribution in [0.3, 0.4) is 0 Å². The molecule has 0 saturated carbocycles. The van der Waals surface area contributed by atoms with Crippen LogP contribution < -0.4 is 5.56 Å². The number of H-pyrrole nitrogens is 1. The van der Waals surface area contributed by atoms with Crippen LogP contribution in [-0.2, 0) is 11.3 Å². The van der Waals surface area contributed by atoms with Crippen molar-refractivity contribution in [3.8, 4) is 11.1 Å². The number of hydrogen-bond acceptors (Lipinski definition) is 3. The van der Waals surface area contributed by atoms with Gasteiger partial charge < -0.3 is 19.2 Å². The summed E-state index contributed by atoms with van der Waals surface area (Å²) in [4.78, 5) is 30.2. The van der Waals surface area contributed by atoms with Gasteiger partial charge in [-0.2, -0.15) is 0 Å². The van der Waals surface area contributed by atoms with Crippen molar-refractivity contribution >= 4 is 16.8 Å². The fourth-order valence-corrected chi connectivity index (χ4v) is 3.91. The molecule has 3 aromatic rings. The van der Waals surface area contributed by atoms with E-state index >= 15 is 0 Å². The number of nitrogens with zero attached hydrogens (tertiary/aromatic N) is 2. The van der Waals surface area contributed by atoms with E-state index in [0.717, 1.165) is 6.07 Å². The molecule has 1 saturated heterocycles. The molecule has 0 radical (unpaired) electrons. The maximum Gasteiger partial charge on any atom is 0.274 e. The van der Waals surface area contributed by atoms with E-state index in [1.807, 2.05) is 0 Å². The van der Waals surface area contributed by atoms with Gasteiger partial charge in [0, 0.05) is 36.4 Å². The number of nitrogens with one attached hydrogen (secondary N) is 1. The lowest BCUT2D eigenvalue weighted by Gasteiger charge is -2.33. The second-order valence-corrected chi connectivity index (χ2v) is 7.63. The Bertz CT molecular complexity index is 1210. The minimum Gasteiger partial charge on any atom is -0.377 e. The predicted octanol–water partition coefficient (Wildman–Crippen LogP) is 3.71. The van der Waals surface area contributed by atoms with Gasteiger partial charge in [0.05, 0.1) is 24.8 Å². The molecule has 3 heterocycles. The van der Waals surface area contributed by atoms with Crippen molar-refractivity contribution in [3.63, 3.8) is 0 Å².